The second-order valence-electron chi connectivity index (χ2n) is 23.2. The highest BCUT2D eigenvalue weighted by Crippen LogP contribution is 2.24. The van der Waals surface area contributed by atoms with Gasteiger partial charge in [0.2, 0.25) is 5.91 Å². The maximum Gasteiger partial charge on any atom is 0.249 e. The van der Waals surface area contributed by atoms with Crippen molar-refractivity contribution in [3.63, 3.8) is 0 Å². The second kappa shape index (κ2) is 53.5. The number of nitrogens with one attached hydrogen (secondary N) is 1. The molecule has 0 aliphatic carbocycles. The lowest BCUT2D eigenvalue weighted by Gasteiger charge is -2.40. The van der Waals surface area contributed by atoms with Crippen LogP contribution in [0, 0.1) is 0 Å². The zero-order valence-corrected chi connectivity index (χ0v) is 49.1. The predicted molar refractivity (Wildman–Crippen MR) is 312 cm³/mol. The highest BCUT2D eigenvalue weighted by atomic mass is 16.7. The minimum Gasteiger partial charge on any atom is -0.394 e. The minimum absolute atomic E-state index is 0.256. The highest BCUT2D eigenvalue weighted by molar-refractivity contribution is 5.80. The average Bonchev–Trinajstić information content (AvgIpc) is 3.41. The fourth-order valence-electron chi connectivity index (χ4n) is 10.8. The number of aliphatic hydroxyl groups is 7. The number of allylic oxidation sites excluding steroid dienone is 2. The molecule has 0 spiro atoms. The summed E-state index contributed by atoms with van der Waals surface area (Å²) in [5.41, 5.74) is 0. The Morgan fingerprint density at radius 2 is 0.773 bits per heavy atom. The maximum atomic E-state index is 13.2. The van der Waals surface area contributed by atoms with E-state index in [9.17, 15) is 40.5 Å². The molecule has 1 aliphatic rings. The Bertz CT molecular complexity index is 1220. The summed E-state index contributed by atoms with van der Waals surface area (Å²) in [5.74, 6) is -0.696. The third-order valence-electron chi connectivity index (χ3n) is 16.1. The normalized spacial score (nSPS) is 19.7. The summed E-state index contributed by atoms with van der Waals surface area (Å²) in [6.45, 7) is 3.50. The molecule has 1 saturated heterocycles. The number of rotatable bonds is 57. The number of ether oxygens (including phenoxy) is 2. The molecule has 0 radical (unpaired) electrons. The van der Waals surface area contributed by atoms with Crippen LogP contribution >= 0.6 is 0 Å². The third kappa shape index (κ3) is 41.5. The molecular formula is C64H125NO10. The number of hydrogen-bond acceptors (Lipinski definition) is 10. The molecule has 11 heteroatoms. The fraction of sp³-hybridized carbons (Fsp3) is 0.953. The molecule has 0 saturated carbocycles. The number of unbranched alkanes of at least 4 members (excludes halogenated alkanes) is 43. The van der Waals surface area contributed by atoms with Crippen molar-refractivity contribution in [3.8, 4) is 0 Å². The zero-order valence-electron chi connectivity index (χ0n) is 49.1. The molecule has 0 aromatic rings. The Hall–Kier alpha value is -1.15. The van der Waals surface area contributed by atoms with E-state index in [1.807, 2.05) is 0 Å². The molecule has 1 amide bonds. The molecule has 0 bridgehead atoms. The summed E-state index contributed by atoms with van der Waals surface area (Å²) in [6.07, 6.45) is 52.8. The monoisotopic (exact) mass is 1070 g/mol. The molecule has 9 unspecified atom stereocenters. The standard InChI is InChI=1S/C64H125NO10/c1-3-5-7-9-11-13-15-17-19-21-23-25-26-27-28-29-30-31-32-34-35-37-39-41-43-45-47-49-51-56(67)59(69)55(54-74-64-62(72)61(71)60(70)58(53-66)75-64)65-63(73)57(68)52-50-48-46-44-42-40-38-36-33-24-22-20-18-16-14-12-10-8-6-4-2/h33,36,55-62,64,66-72H,3-32,34-35,37-54H2,1-2H3,(H,65,73)/b36-33-. The van der Waals surface area contributed by atoms with E-state index >= 15 is 0 Å². The van der Waals surface area contributed by atoms with Crippen LogP contribution < -0.4 is 5.32 Å². The first-order chi connectivity index (χ1) is 36.7. The van der Waals surface area contributed by atoms with Crippen LogP contribution in [-0.2, 0) is 14.3 Å². The van der Waals surface area contributed by atoms with Crippen LogP contribution in [0.2, 0.25) is 0 Å². The van der Waals surface area contributed by atoms with Crippen molar-refractivity contribution in [1.82, 2.24) is 5.32 Å². The molecule has 1 heterocycles. The van der Waals surface area contributed by atoms with Crippen LogP contribution in [-0.4, -0.2) is 110 Å². The molecular weight excluding hydrogens is 943 g/mol. The summed E-state index contributed by atoms with van der Waals surface area (Å²) >= 11 is 0. The van der Waals surface area contributed by atoms with Gasteiger partial charge in [0.15, 0.2) is 6.29 Å². The van der Waals surface area contributed by atoms with E-state index in [-0.39, 0.29) is 6.42 Å². The van der Waals surface area contributed by atoms with E-state index in [1.165, 1.54) is 231 Å². The van der Waals surface area contributed by atoms with E-state index in [0.29, 0.717) is 19.3 Å². The van der Waals surface area contributed by atoms with Crippen LogP contribution in [0.25, 0.3) is 0 Å². The van der Waals surface area contributed by atoms with Gasteiger partial charge in [-0.15, -0.1) is 0 Å². The molecule has 11 nitrogen and oxygen atoms in total. The largest absolute Gasteiger partial charge is 0.394 e. The van der Waals surface area contributed by atoms with E-state index in [1.54, 1.807) is 0 Å². The molecule has 1 rings (SSSR count). The SMILES string of the molecule is CCCCCCCCCCCC/C=C\CCCCCCCCC(O)C(=O)NC(COC1OC(CO)C(O)C(O)C1O)C(O)C(O)CCCCCCCCCCCCCCCCCCCCCCCCCCCCCC. The fourth-order valence-corrected chi connectivity index (χ4v) is 10.8. The number of aliphatic hydroxyl groups excluding tert-OH is 7. The van der Waals surface area contributed by atoms with Crippen molar-refractivity contribution in [1.29, 1.82) is 0 Å². The van der Waals surface area contributed by atoms with Gasteiger partial charge in [0.1, 0.15) is 36.6 Å². The van der Waals surface area contributed by atoms with Gasteiger partial charge in [0.05, 0.1) is 25.4 Å². The van der Waals surface area contributed by atoms with E-state index in [2.05, 4.69) is 31.3 Å². The minimum atomic E-state index is -1.66. The van der Waals surface area contributed by atoms with Crippen LogP contribution in [0.5, 0.6) is 0 Å². The molecule has 75 heavy (non-hydrogen) atoms. The van der Waals surface area contributed by atoms with E-state index < -0.39 is 74.2 Å². The number of carbonyl (C=O) groups excluding carboxylic acids is 1. The Labute approximate surface area is 462 Å². The van der Waals surface area contributed by atoms with Gasteiger partial charge in [0, 0.05) is 0 Å². The summed E-state index contributed by atoms with van der Waals surface area (Å²) in [7, 11) is 0. The van der Waals surface area contributed by atoms with Gasteiger partial charge in [0.25, 0.3) is 0 Å². The highest BCUT2D eigenvalue weighted by Gasteiger charge is 2.44. The summed E-state index contributed by atoms with van der Waals surface area (Å²) in [5, 5.41) is 76.4. The van der Waals surface area contributed by atoms with Gasteiger partial charge < -0.3 is 50.5 Å². The lowest BCUT2D eigenvalue weighted by Crippen LogP contribution is -2.60. The zero-order chi connectivity index (χ0) is 54.7. The van der Waals surface area contributed by atoms with Crippen molar-refractivity contribution >= 4 is 5.91 Å². The lowest BCUT2D eigenvalue weighted by molar-refractivity contribution is -0.303. The number of hydrogen-bond donors (Lipinski definition) is 8. The molecule has 0 aromatic heterocycles. The van der Waals surface area contributed by atoms with E-state index in [4.69, 9.17) is 9.47 Å². The average molecular weight is 1070 g/mol. The Kier molecular flexibility index (Phi) is 51.3. The second-order valence-corrected chi connectivity index (χ2v) is 23.2. The maximum absolute atomic E-state index is 13.2. The Balaban J connectivity index is 2.23. The molecule has 0 aromatic carbocycles. The number of amides is 1. The molecule has 446 valence electrons. The van der Waals surface area contributed by atoms with Crippen molar-refractivity contribution in [2.24, 2.45) is 0 Å². The quantitative estimate of drug-likeness (QED) is 0.0215. The van der Waals surface area contributed by atoms with Crippen molar-refractivity contribution in [3.05, 3.63) is 12.2 Å². The van der Waals surface area contributed by atoms with Gasteiger partial charge in [-0.3, -0.25) is 4.79 Å². The van der Waals surface area contributed by atoms with Crippen LogP contribution in [0.15, 0.2) is 12.2 Å². The summed E-state index contributed by atoms with van der Waals surface area (Å²) in [4.78, 5) is 13.2. The van der Waals surface area contributed by atoms with Crippen LogP contribution in [0.4, 0.5) is 0 Å². The van der Waals surface area contributed by atoms with Gasteiger partial charge in [-0.2, -0.15) is 0 Å². The molecule has 1 fully saturated rings. The Morgan fingerprint density at radius 1 is 0.453 bits per heavy atom. The van der Waals surface area contributed by atoms with Crippen molar-refractivity contribution < 1.29 is 50.0 Å². The first-order valence-corrected chi connectivity index (χ1v) is 32.6. The van der Waals surface area contributed by atoms with E-state index in [0.717, 1.165) is 51.4 Å². The smallest absolute Gasteiger partial charge is 0.249 e. The van der Waals surface area contributed by atoms with Crippen molar-refractivity contribution in [2.45, 2.75) is 377 Å². The number of carbonyl (C=O) groups is 1. The topological polar surface area (TPSA) is 189 Å². The van der Waals surface area contributed by atoms with Gasteiger partial charge in [-0.05, 0) is 38.5 Å². The van der Waals surface area contributed by atoms with Gasteiger partial charge >= 0.3 is 0 Å². The third-order valence-corrected chi connectivity index (χ3v) is 16.1. The molecule has 1 aliphatic heterocycles. The Morgan fingerprint density at radius 3 is 1.12 bits per heavy atom. The van der Waals surface area contributed by atoms with Gasteiger partial charge in [-0.1, -0.05) is 296 Å². The molecule has 9 atom stereocenters. The van der Waals surface area contributed by atoms with Gasteiger partial charge in [-0.25, -0.2) is 0 Å². The van der Waals surface area contributed by atoms with Crippen LogP contribution in [0.1, 0.15) is 322 Å². The molecule has 8 N–H and O–H groups in total. The summed E-state index contributed by atoms with van der Waals surface area (Å²) in [6, 6.07) is -1.17. The lowest BCUT2D eigenvalue weighted by atomic mass is 9.98. The first-order valence-electron chi connectivity index (χ1n) is 32.6. The predicted octanol–water partition coefficient (Wildman–Crippen LogP) is 14.7. The van der Waals surface area contributed by atoms with Crippen molar-refractivity contribution in [2.75, 3.05) is 13.2 Å². The van der Waals surface area contributed by atoms with Crippen LogP contribution in [0.3, 0.4) is 0 Å². The first kappa shape index (κ1) is 71.9. The summed E-state index contributed by atoms with van der Waals surface area (Å²) < 4.78 is 11.2.